The molecule has 1 N–H and O–H groups in total. The van der Waals surface area contributed by atoms with Gasteiger partial charge in [-0.2, -0.15) is 0 Å². The van der Waals surface area contributed by atoms with E-state index in [-0.39, 0.29) is 36.2 Å². The molecule has 0 spiro atoms. The lowest BCUT2D eigenvalue weighted by atomic mass is 9.94. The zero-order chi connectivity index (χ0) is 29.2. The number of para-hydroxylation sites is 1. The van der Waals surface area contributed by atoms with Crippen LogP contribution in [-0.2, 0) is 4.79 Å². The number of ether oxygens (including phenoxy) is 1. The van der Waals surface area contributed by atoms with Crippen molar-refractivity contribution in [3.8, 4) is 5.75 Å². The SMILES string of the molecule is Cc1nc(C)c(C(=O)N2CCCCOc3cccc(c3)[C@H]3CN(C(=O)c4ccc5ccccc5n4)C[C@@H]3NC(=O)C2)s1. The van der Waals surface area contributed by atoms with Gasteiger partial charge in [0, 0.05) is 30.9 Å². The number of rotatable bonds is 2. The Bertz CT molecular complexity index is 1650. The van der Waals surface area contributed by atoms with Crippen molar-refractivity contribution in [2.24, 2.45) is 0 Å². The van der Waals surface area contributed by atoms with E-state index in [1.54, 1.807) is 15.9 Å². The van der Waals surface area contributed by atoms with Gasteiger partial charge in [0.2, 0.25) is 5.91 Å². The molecule has 4 aromatic rings. The van der Waals surface area contributed by atoms with Gasteiger partial charge in [-0.25, -0.2) is 9.97 Å². The first kappa shape index (κ1) is 27.8. The third-order valence-electron chi connectivity index (χ3n) is 7.87. The second kappa shape index (κ2) is 11.9. The van der Waals surface area contributed by atoms with Crippen LogP contribution in [0.25, 0.3) is 10.9 Å². The highest BCUT2D eigenvalue weighted by atomic mass is 32.1. The summed E-state index contributed by atoms with van der Waals surface area (Å²) in [6.45, 7) is 5.30. The Labute approximate surface area is 248 Å². The second-order valence-corrected chi connectivity index (χ2v) is 12.1. The van der Waals surface area contributed by atoms with Crippen LogP contribution >= 0.6 is 11.3 Å². The van der Waals surface area contributed by atoms with Crippen LogP contribution in [0.15, 0.2) is 60.7 Å². The number of fused-ring (bicyclic) bond motifs is 5. The van der Waals surface area contributed by atoms with E-state index < -0.39 is 0 Å². The average Bonchev–Trinajstić information content (AvgIpc) is 3.57. The van der Waals surface area contributed by atoms with Gasteiger partial charge in [-0.1, -0.05) is 36.4 Å². The normalized spacial score (nSPS) is 19.5. The maximum Gasteiger partial charge on any atom is 0.272 e. The summed E-state index contributed by atoms with van der Waals surface area (Å²) in [5.41, 5.74) is 2.79. The van der Waals surface area contributed by atoms with Crippen LogP contribution < -0.4 is 10.1 Å². The fourth-order valence-corrected chi connectivity index (χ4v) is 6.67. The standard InChI is InChI=1S/C32H33N5O4S/c1-20-30(42-21(2)33-20)32(40)36-14-5-6-15-41-24-10-7-9-23(16-24)25-17-37(18-28(25)35-29(38)19-36)31(39)27-13-12-22-8-3-4-11-26(22)34-27/h3-4,7-13,16,25,28H,5-6,14-15,17-19H2,1-2H3,(H,35,38)/t25-,28+/m1/s1. The summed E-state index contributed by atoms with van der Waals surface area (Å²) in [5.74, 6) is -0.0196. The lowest BCUT2D eigenvalue weighted by Crippen LogP contribution is -2.47. The minimum atomic E-state index is -0.343. The number of amides is 3. The maximum atomic E-state index is 13.6. The quantitative estimate of drug-likeness (QED) is 0.376. The molecule has 10 heteroatoms. The lowest BCUT2D eigenvalue weighted by Gasteiger charge is -2.25. The molecule has 2 atom stereocenters. The fourth-order valence-electron chi connectivity index (χ4n) is 5.78. The van der Waals surface area contributed by atoms with E-state index in [0.717, 1.165) is 33.6 Å². The first-order valence-electron chi connectivity index (χ1n) is 14.3. The number of nitrogens with zero attached hydrogens (tertiary/aromatic N) is 4. The Morgan fingerprint density at radius 1 is 0.952 bits per heavy atom. The maximum absolute atomic E-state index is 13.6. The van der Waals surface area contributed by atoms with Gasteiger partial charge in [0.15, 0.2) is 0 Å². The molecule has 0 radical (unpaired) electrons. The van der Waals surface area contributed by atoms with E-state index in [1.165, 1.54) is 11.3 Å². The molecule has 0 aliphatic carbocycles. The molecular formula is C32H33N5O4S. The lowest BCUT2D eigenvalue weighted by molar-refractivity contribution is -0.122. The smallest absolute Gasteiger partial charge is 0.272 e. The van der Waals surface area contributed by atoms with Crippen LogP contribution in [0, 0.1) is 13.8 Å². The van der Waals surface area contributed by atoms with Crippen molar-refractivity contribution in [3.05, 3.63) is 87.5 Å². The molecule has 6 rings (SSSR count). The number of hydrogen-bond donors (Lipinski definition) is 1. The van der Waals surface area contributed by atoms with E-state index in [4.69, 9.17) is 4.74 Å². The van der Waals surface area contributed by atoms with Crippen LogP contribution in [0.1, 0.15) is 55.2 Å². The Hall–Kier alpha value is -4.31. The zero-order valence-electron chi connectivity index (χ0n) is 23.7. The summed E-state index contributed by atoms with van der Waals surface area (Å²) in [7, 11) is 0. The van der Waals surface area contributed by atoms with Crippen molar-refractivity contribution < 1.29 is 19.1 Å². The first-order chi connectivity index (χ1) is 20.4. The minimum absolute atomic E-state index is 0.0699. The van der Waals surface area contributed by atoms with Crippen LogP contribution in [0.5, 0.6) is 5.75 Å². The average molecular weight is 584 g/mol. The highest BCUT2D eigenvalue weighted by Crippen LogP contribution is 2.31. The van der Waals surface area contributed by atoms with Crippen molar-refractivity contribution in [2.45, 2.75) is 38.6 Å². The van der Waals surface area contributed by atoms with E-state index in [0.29, 0.717) is 48.9 Å². The molecule has 2 aliphatic heterocycles. The highest BCUT2D eigenvalue weighted by Gasteiger charge is 2.38. The van der Waals surface area contributed by atoms with E-state index in [1.807, 2.05) is 68.4 Å². The number of aromatic nitrogens is 2. The van der Waals surface area contributed by atoms with Gasteiger partial charge in [-0.15, -0.1) is 11.3 Å². The van der Waals surface area contributed by atoms with Gasteiger partial charge in [0.25, 0.3) is 11.8 Å². The molecule has 2 aromatic heterocycles. The van der Waals surface area contributed by atoms with Gasteiger partial charge in [-0.3, -0.25) is 14.4 Å². The third kappa shape index (κ3) is 5.85. The molecule has 216 valence electrons. The summed E-state index contributed by atoms with van der Waals surface area (Å²) >= 11 is 1.35. The number of thiazole rings is 1. The molecule has 2 aliphatic rings. The summed E-state index contributed by atoms with van der Waals surface area (Å²) in [6, 6.07) is 18.9. The largest absolute Gasteiger partial charge is 0.494 e. The highest BCUT2D eigenvalue weighted by molar-refractivity contribution is 7.13. The summed E-state index contributed by atoms with van der Waals surface area (Å²) < 4.78 is 6.06. The molecule has 42 heavy (non-hydrogen) atoms. The summed E-state index contributed by atoms with van der Waals surface area (Å²) in [4.78, 5) is 53.6. The molecule has 0 saturated carbocycles. The van der Waals surface area contributed by atoms with E-state index >= 15 is 0 Å². The predicted octanol–water partition coefficient (Wildman–Crippen LogP) is 4.35. The molecule has 3 amide bonds. The first-order valence-corrected chi connectivity index (χ1v) is 15.1. The number of hydrogen-bond acceptors (Lipinski definition) is 7. The molecular weight excluding hydrogens is 550 g/mol. The molecule has 1 saturated heterocycles. The van der Waals surface area contributed by atoms with Crippen LogP contribution in [0.4, 0.5) is 0 Å². The number of carbonyl (C=O) groups is 3. The number of carbonyl (C=O) groups excluding carboxylic acids is 3. The van der Waals surface area contributed by atoms with Crippen molar-refractivity contribution in [1.29, 1.82) is 0 Å². The second-order valence-electron chi connectivity index (χ2n) is 10.9. The van der Waals surface area contributed by atoms with E-state index in [2.05, 4.69) is 15.3 Å². The van der Waals surface area contributed by atoms with Crippen molar-refractivity contribution >= 4 is 40.0 Å². The Balaban J connectivity index is 1.27. The van der Waals surface area contributed by atoms with Crippen LogP contribution in [0.3, 0.4) is 0 Å². The van der Waals surface area contributed by atoms with Gasteiger partial charge in [-0.05, 0) is 56.5 Å². The Morgan fingerprint density at radius 3 is 2.64 bits per heavy atom. The predicted molar refractivity (Wildman–Crippen MR) is 161 cm³/mol. The number of likely N-dealkylation sites (tertiary alicyclic amines) is 1. The van der Waals surface area contributed by atoms with Gasteiger partial charge < -0.3 is 19.9 Å². The molecule has 2 bridgehead atoms. The number of aryl methyl sites for hydroxylation is 2. The van der Waals surface area contributed by atoms with Crippen molar-refractivity contribution in [2.75, 3.05) is 32.8 Å². The molecule has 2 aromatic carbocycles. The number of nitrogens with one attached hydrogen (secondary N) is 1. The van der Waals surface area contributed by atoms with Gasteiger partial charge >= 0.3 is 0 Å². The van der Waals surface area contributed by atoms with Gasteiger partial charge in [0.05, 0.1) is 35.4 Å². The van der Waals surface area contributed by atoms with Crippen molar-refractivity contribution in [3.63, 3.8) is 0 Å². The van der Waals surface area contributed by atoms with Crippen molar-refractivity contribution in [1.82, 2.24) is 25.1 Å². The fraction of sp³-hybridized carbons (Fsp3) is 0.344. The Kier molecular flexibility index (Phi) is 7.88. The third-order valence-corrected chi connectivity index (χ3v) is 8.93. The van der Waals surface area contributed by atoms with Crippen LogP contribution in [0.2, 0.25) is 0 Å². The summed E-state index contributed by atoms with van der Waals surface area (Å²) in [5, 5.41) is 4.95. The van der Waals surface area contributed by atoms with E-state index in [9.17, 15) is 14.4 Å². The molecule has 0 unspecified atom stereocenters. The topological polar surface area (TPSA) is 105 Å². The summed E-state index contributed by atoms with van der Waals surface area (Å²) in [6.07, 6.45) is 1.44. The molecule has 9 nitrogen and oxygen atoms in total. The van der Waals surface area contributed by atoms with Gasteiger partial charge in [0.1, 0.15) is 16.3 Å². The number of benzene rings is 2. The van der Waals surface area contributed by atoms with Crippen LogP contribution in [-0.4, -0.2) is 76.3 Å². The minimum Gasteiger partial charge on any atom is -0.494 e. The molecule has 1 fully saturated rings. The number of pyridine rings is 1. The monoisotopic (exact) mass is 583 g/mol. The molecule has 4 heterocycles. The zero-order valence-corrected chi connectivity index (χ0v) is 24.5. The Morgan fingerprint density at radius 2 is 1.81 bits per heavy atom.